The highest BCUT2D eigenvalue weighted by molar-refractivity contribution is 9.10. The van der Waals surface area contributed by atoms with Crippen molar-refractivity contribution in [2.24, 2.45) is 0 Å². The summed E-state index contributed by atoms with van der Waals surface area (Å²) in [4.78, 5) is 3.76. The van der Waals surface area contributed by atoms with Crippen LogP contribution < -0.4 is 4.72 Å². The fraction of sp³-hybridized carbons (Fsp3) is 0.300. The zero-order chi connectivity index (χ0) is 12.9. The summed E-state index contributed by atoms with van der Waals surface area (Å²) in [6, 6.07) is 1.42. The van der Waals surface area contributed by atoms with Gasteiger partial charge in [0.25, 0.3) is 0 Å². The van der Waals surface area contributed by atoms with Crippen molar-refractivity contribution in [3.8, 4) is 0 Å². The molecule has 1 N–H and O–H groups in total. The van der Waals surface area contributed by atoms with Crippen LogP contribution in [-0.2, 0) is 10.0 Å². The molecular weight excluding hydrogens is 328 g/mol. The molecule has 7 heteroatoms. The molecule has 1 heterocycles. The normalized spacial score (nSPS) is 12.2. The van der Waals surface area contributed by atoms with Crippen LogP contribution in [0, 0.1) is 0 Å². The summed E-state index contributed by atoms with van der Waals surface area (Å²) in [5.74, 6) is 0. The Morgan fingerprint density at radius 3 is 2.94 bits per heavy atom. The molecule has 1 rings (SSSR count). The largest absolute Gasteiger partial charge is 0.243 e. The maximum absolute atomic E-state index is 11.9. The van der Waals surface area contributed by atoms with Gasteiger partial charge in [0.2, 0.25) is 10.0 Å². The molecule has 0 aliphatic rings. The van der Waals surface area contributed by atoms with Crippen LogP contribution in [0.1, 0.15) is 13.3 Å². The Hall–Kier alpha value is -0.430. The van der Waals surface area contributed by atoms with E-state index in [4.69, 9.17) is 11.6 Å². The quantitative estimate of drug-likeness (QED) is 0.510. The number of halogens is 2. The molecule has 0 aliphatic heterocycles. The first kappa shape index (κ1) is 14.6. The van der Waals surface area contributed by atoms with Crippen molar-refractivity contribution in [2.75, 3.05) is 6.54 Å². The summed E-state index contributed by atoms with van der Waals surface area (Å²) >= 11 is 8.91. The zero-order valence-electron chi connectivity index (χ0n) is 9.15. The highest BCUT2D eigenvalue weighted by Gasteiger charge is 2.18. The van der Waals surface area contributed by atoms with Gasteiger partial charge in [-0.15, -0.1) is 0 Å². The molecule has 0 saturated heterocycles. The molecule has 0 amide bonds. The van der Waals surface area contributed by atoms with Gasteiger partial charge in [-0.2, -0.15) is 0 Å². The number of allylic oxidation sites excluding steroid dienone is 1. The summed E-state index contributed by atoms with van der Waals surface area (Å²) in [6.07, 6.45) is 5.82. The lowest BCUT2D eigenvalue weighted by Crippen LogP contribution is -2.25. The summed E-state index contributed by atoms with van der Waals surface area (Å²) in [7, 11) is -3.60. The van der Waals surface area contributed by atoms with Crippen molar-refractivity contribution in [1.82, 2.24) is 9.71 Å². The Bertz CT molecular complexity index is 517. The Morgan fingerprint density at radius 2 is 2.29 bits per heavy atom. The van der Waals surface area contributed by atoms with Crippen LogP contribution in [0.4, 0.5) is 0 Å². The minimum absolute atomic E-state index is 0.0194. The van der Waals surface area contributed by atoms with Crippen LogP contribution in [0.2, 0.25) is 5.15 Å². The number of nitrogens with zero attached hydrogens (tertiary/aromatic N) is 1. The van der Waals surface area contributed by atoms with Crippen molar-refractivity contribution in [3.63, 3.8) is 0 Å². The predicted octanol–water partition coefficient (Wildman–Crippen LogP) is 2.74. The van der Waals surface area contributed by atoms with Gasteiger partial charge < -0.3 is 0 Å². The van der Waals surface area contributed by atoms with Gasteiger partial charge in [0, 0.05) is 17.2 Å². The number of sulfonamides is 1. The molecule has 0 spiro atoms. The number of hydrogen-bond acceptors (Lipinski definition) is 3. The van der Waals surface area contributed by atoms with Crippen LogP contribution in [-0.4, -0.2) is 19.9 Å². The average molecular weight is 340 g/mol. The van der Waals surface area contributed by atoms with Crippen LogP contribution in [0.3, 0.4) is 0 Å². The SMILES string of the molecule is C/C=C/CCNS(=O)(=O)c1cc(Br)cnc1Cl. The second kappa shape index (κ2) is 6.49. The molecule has 1 aromatic rings. The molecule has 0 saturated carbocycles. The molecule has 4 nitrogen and oxygen atoms in total. The third kappa shape index (κ3) is 4.39. The molecular formula is C10H12BrClN2O2S. The zero-order valence-corrected chi connectivity index (χ0v) is 12.3. The number of hydrogen-bond donors (Lipinski definition) is 1. The third-order valence-electron chi connectivity index (χ3n) is 1.90. The topological polar surface area (TPSA) is 59.1 Å². The number of aromatic nitrogens is 1. The smallest absolute Gasteiger partial charge is 0.242 e. The Morgan fingerprint density at radius 1 is 1.59 bits per heavy atom. The fourth-order valence-electron chi connectivity index (χ4n) is 1.11. The van der Waals surface area contributed by atoms with Gasteiger partial charge in [-0.05, 0) is 35.3 Å². The van der Waals surface area contributed by atoms with Crippen molar-refractivity contribution in [2.45, 2.75) is 18.2 Å². The van der Waals surface area contributed by atoms with E-state index in [1.165, 1.54) is 12.3 Å². The van der Waals surface area contributed by atoms with E-state index in [1.807, 2.05) is 19.1 Å². The summed E-state index contributed by atoms with van der Waals surface area (Å²) in [6.45, 7) is 2.21. The number of nitrogens with one attached hydrogen (secondary N) is 1. The van der Waals surface area contributed by atoms with Gasteiger partial charge >= 0.3 is 0 Å². The molecule has 94 valence electrons. The lowest BCUT2D eigenvalue weighted by molar-refractivity contribution is 0.581. The fourth-order valence-corrected chi connectivity index (χ4v) is 3.10. The molecule has 0 aliphatic carbocycles. The lowest BCUT2D eigenvalue weighted by Gasteiger charge is -2.07. The van der Waals surface area contributed by atoms with E-state index in [0.717, 1.165) is 0 Å². The molecule has 0 radical (unpaired) electrons. The van der Waals surface area contributed by atoms with Gasteiger partial charge in [-0.1, -0.05) is 23.8 Å². The minimum Gasteiger partial charge on any atom is -0.242 e. The maximum atomic E-state index is 11.9. The maximum Gasteiger partial charge on any atom is 0.243 e. The highest BCUT2D eigenvalue weighted by atomic mass is 79.9. The molecule has 1 aromatic heterocycles. The Balaban J connectivity index is 2.86. The van der Waals surface area contributed by atoms with Crippen molar-refractivity contribution < 1.29 is 8.42 Å². The first-order chi connectivity index (χ1) is 7.97. The van der Waals surface area contributed by atoms with Gasteiger partial charge in [0.05, 0.1) is 0 Å². The van der Waals surface area contributed by atoms with E-state index in [1.54, 1.807) is 0 Å². The molecule has 0 fully saturated rings. The van der Waals surface area contributed by atoms with Crippen molar-refractivity contribution in [3.05, 3.63) is 34.0 Å². The first-order valence-corrected chi connectivity index (χ1v) is 7.54. The third-order valence-corrected chi connectivity index (χ3v) is 4.22. The minimum atomic E-state index is -3.60. The van der Waals surface area contributed by atoms with Gasteiger partial charge in [-0.3, -0.25) is 0 Å². The van der Waals surface area contributed by atoms with Crippen molar-refractivity contribution >= 4 is 37.6 Å². The predicted molar refractivity (Wildman–Crippen MR) is 71.6 cm³/mol. The molecule has 0 bridgehead atoms. The second-order valence-electron chi connectivity index (χ2n) is 3.20. The van der Waals surface area contributed by atoms with Crippen LogP contribution in [0.25, 0.3) is 0 Å². The monoisotopic (exact) mass is 338 g/mol. The van der Waals surface area contributed by atoms with Crippen LogP contribution >= 0.6 is 27.5 Å². The second-order valence-corrected chi connectivity index (χ2v) is 6.21. The number of pyridine rings is 1. The van der Waals surface area contributed by atoms with E-state index < -0.39 is 10.0 Å². The Kier molecular flexibility index (Phi) is 5.58. The Labute approximate surface area is 114 Å². The summed E-state index contributed by atoms with van der Waals surface area (Å²) in [5.41, 5.74) is 0. The highest BCUT2D eigenvalue weighted by Crippen LogP contribution is 2.22. The molecule has 0 aromatic carbocycles. The van der Waals surface area contributed by atoms with Crippen LogP contribution in [0.15, 0.2) is 33.8 Å². The van der Waals surface area contributed by atoms with E-state index in [2.05, 4.69) is 25.6 Å². The van der Waals surface area contributed by atoms with E-state index in [9.17, 15) is 8.42 Å². The molecule has 0 atom stereocenters. The van der Waals surface area contributed by atoms with Gasteiger partial charge in [0.15, 0.2) is 0 Å². The van der Waals surface area contributed by atoms with Gasteiger partial charge in [0.1, 0.15) is 10.0 Å². The molecule has 17 heavy (non-hydrogen) atoms. The standard InChI is InChI=1S/C10H12BrClN2O2S/c1-2-3-4-5-14-17(15,16)9-6-8(11)7-13-10(9)12/h2-3,6-7,14H,4-5H2,1H3/b3-2+. The number of rotatable bonds is 5. The summed E-state index contributed by atoms with van der Waals surface area (Å²) in [5, 5.41) is -0.0354. The first-order valence-electron chi connectivity index (χ1n) is 4.89. The summed E-state index contributed by atoms with van der Waals surface area (Å²) < 4.78 is 26.8. The van der Waals surface area contributed by atoms with E-state index in [-0.39, 0.29) is 10.0 Å². The van der Waals surface area contributed by atoms with Crippen molar-refractivity contribution in [1.29, 1.82) is 0 Å². The van der Waals surface area contributed by atoms with E-state index in [0.29, 0.717) is 17.4 Å². The lowest BCUT2D eigenvalue weighted by atomic mass is 10.4. The van der Waals surface area contributed by atoms with E-state index >= 15 is 0 Å². The average Bonchev–Trinajstić information content (AvgIpc) is 2.28. The molecule has 0 unspecified atom stereocenters. The van der Waals surface area contributed by atoms with Crippen LogP contribution in [0.5, 0.6) is 0 Å². The van der Waals surface area contributed by atoms with Gasteiger partial charge in [-0.25, -0.2) is 18.1 Å².